The van der Waals surface area contributed by atoms with Crippen LogP contribution >= 0.6 is 15.9 Å². The molecule has 1 aliphatic heterocycles. The second kappa shape index (κ2) is 6.81. The monoisotopic (exact) mass is 263 g/mol. The highest BCUT2D eigenvalue weighted by atomic mass is 79.9. The molecule has 2 atom stereocenters. The van der Waals surface area contributed by atoms with Crippen molar-refractivity contribution in [3.8, 4) is 0 Å². The lowest BCUT2D eigenvalue weighted by molar-refractivity contribution is 0.0775. The zero-order valence-electron chi connectivity index (χ0n) is 9.34. The first kappa shape index (κ1) is 12.5. The fourth-order valence-corrected chi connectivity index (χ4v) is 2.60. The van der Waals surface area contributed by atoms with E-state index in [1.807, 2.05) is 0 Å². The number of likely N-dealkylation sites (N-methyl/N-ethyl adjacent to an activating group) is 1. The molecular formula is C11H22BrNO. The van der Waals surface area contributed by atoms with E-state index >= 15 is 0 Å². The summed E-state index contributed by atoms with van der Waals surface area (Å²) in [7, 11) is 2.20. The molecule has 0 saturated carbocycles. The van der Waals surface area contributed by atoms with Crippen molar-refractivity contribution in [3.05, 3.63) is 0 Å². The number of ether oxygens (including phenoxy) is 1. The molecule has 1 heterocycles. The van der Waals surface area contributed by atoms with E-state index in [2.05, 4.69) is 34.8 Å². The van der Waals surface area contributed by atoms with Crippen molar-refractivity contribution in [3.63, 3.8) is 0 Å². The largest absolute Gasteiger partial charge is 0.377 e. The molecule has 2 nitrogen and oxygen atoms in total. The third-order valence-corrected chi connectivity index (χ3v) is 3.82. The number of halogens is 1. The molecule has 0 aliphatic carbocycles. The Kier molecular flexibility index (Phi) is 6.06. The van der Waals surface area contributed by atoms with Crippen LogP contribution in [-0.2, 0) is 4.74 Å². The van der Waals surface area contributed by atoms with Gasteiger partial charge >= 0.3 is 0 Å². The van der Waals surface area contributed by atoms with Crippen molar-refractivity contribution in [1.82, 2.24) is 4.90 Å². The Hall–Kier alpha value is 0.400. The summed E-state index contributed by atoms with van der Waals surface area (Å²) >= 11 is 3.56. The molecule has 2 unspecified atom stereocenters. The summed E-state index contributed by atoms with van der Waals surface area (Å²) in [5.74, 6) is 0.779. The standard InChI is InChI=1S/C11H22BrNO/c1-3-10(7-12)8-13(2)9-11-5-4-6-14-11/h10-11H,3-9H2,1-2H3. The van der Waals surface area contributed by atoms with Gasteiger partial charge in [-0.2, -0.15) is 0 Å². The predicted molar refractivity (Wildman–Crippen MR) is 64.0 cm³/mol. The molecule has 0 amide bonds. The molecule has 0 radical (unpaired) electrons. The van der Waals surface area contributed by atoms with Crippen LogP contribution in [0.5, 0.6) is 0 Å². The Morgan fingerprint density at radius 1 is 1.57 bits per heavy atom. The van der Waals surface area contributed by atoms with Gasteiger partial charge in [-0.3, -0.25) is 0 Å². The molecule has 0 aromatic heterocycles. The lowest BCUT2D eigenvalue weighted by atomic mass is 10.1. The summed E-state index contributed by atoms with van der Waals surface area (Å²) in [5.41, 5.74) is 0. The molecule has 0 bridgehead atoms. The van der Waals surface area contributed by atoms with Crippen LogP contribution < -0.4 is 0 Å². The molecule has 84 valence electrons. The van der Waals surface area contributed by atoms with E-state index in [0.29, 0.717) is 6.10 Å². The molecule has 14 heavy (non-hydrogen) atoms. The van der Waals surface area contributed by atoms with Gasteiger partial charge in [0, 0.05) is 25.0 Å². The predicted octanol–water partition coefficient (Wildman–Crippen LogP) is 2.52. The van der Waals surface area contributed by atoms with E-state index in [4.69, 9.17) is 4.74 Å². The topological polar surface area (TPSA) is 12.5 Å². The minimum atomic E-state index is 0.493. The number of hydrogen-bond acceptors (Lipinski definition) is 2. The molecule has 0 N–H and O–H groups in total. The van der Waals surface area contributed by atoms with Crippen LogP contribution in [0.25, 0.3) is 0 Å². The second-order valence-corrected chi connectivity index (χ2v) is 4.93. The van der Waals surface area contributed by atoms with Gasteiger partial charge in [0.1, 0.15) is 0 Å². The summed E-state index contributed by atoms with van der Waals surface area (Å²) < 4.78 is 5.62. The van der Waals surface area contributed by atoms with Crippen LogP contribution in [-0.4, -0.2) is 43.1 Å². The van der Waals surface area contributed by atoms with Crippen LogP contribution in [0.1, 0.15) is 26.2 Å². The average Bonchev–Trinajstić information content (AvgIpc) is 2.66. The number of hydrogen-bond donors (Lipinski definition) is 0. The van der Waals surface area contributed by atoms with Crippen molar-refractivity contribution in [2.45, 2.75) is 32.3 Å². The molecule has 3 heteroatoms. The molecule has 1 aliphatic rings. The Morgan fingerprint density at radius 2 is 2.36 bits per heavy atom. The summed E-state index contributed by atoms with van der Waals surface area (Å²) in [5, 5.41) is 1.11. The molecule has 0 aromatic carbocycles. The first-order valence-corrected chi connectivity index (χ1v) is 6.74. The van der Waals surface area contributed by atoms with Crippen LogP contribution in [0.15, 0.2) is 0 Å². The van der Waals surface area contributed by atoms with Gasteiger partial charge in [0.15, 0.2) is 0 Å². The fraction of sp³-hybridized carbons (Fsp3) is 1.00. The minimum absolute atomic E-state index is 0.493. The zero-order valence-corrected chi connectivity index (χ0v) is 10.9. The van der Waals surface area contributed by atoms with Gasteiger partial charge in [-0.25, -0.2) is 0 Å². The number of nitrogens with zero attached hydrogens (tertiary/aromatic N) is 1. The van der Waals surface area contributed by atoms with Crippen molar-refractivity contribution < 1.29 is 4.74 Å². The van der Waals surface area contributed by atoms with Gasteiger partial charge in [0.2, 0.25) is 0 Å². The fourth-order valence-electron chi connectivity index (χ4n) is 1.94. The van der Waals surface area contributed by atoms with Gasteiger partial charge in [-0.15, -0.1) is 0 Å². The van der Waals surface area contributed by atoms with Crippen LogP contribution in [0.4, 0.5) is 0 Å². The van der Waals surface area contributed by atoms with Crippen molar-refractivity contribution in [2.75, 3.05) is 32.1 Å². The average molecular weight is 264 g/mol. The summed E-state index contributed by atoms with van der Waals surface area (Å²) in [6.07, 6.45) is 4.23. The summed E-state index contributed by atoms with van der Waals surface area (Å²) in [4.78, 5) is 2.41. The maximum Gasteiger partial charge on any atom is 0.0702 e. The smallest absolute Gasteiger partial charge is 0.0702 e. The van der Waals surface area contributed by atoms with Gasteiger partial charge < -0.3 is 9.64 Å². The quantitative estimate of drug-likeness (QED) is 0.683. The van der Waals surface area contributed by atoms with E-state index in [1.54, 1.807) is 0 Å². The highest BCUT2D eigenvalue weighted by Gasteiger charge is 2.18. The Balaban J connectivity index is 2.16. The second-order valence-electron chi connectivity index (χ2n) is 4.28. The summed E-state index contributed by atoms with van der Waals surface area (Å²) in [6.45, 7) is 5.51. The number of alkyl halides is 1. The van der Waals surface area contributed by atoms with Gasteiger partial charge in [-0.05, 0) is 25.8 Å². The highest BCUT2D eigenvalue weighted by molar-refractivity contribution is 9.09. The summed E-state index contributed by atoms with van der Waals surface area (Å²) in [6, 6.07) is 0. The van der Waals surface area contributed by atoms with Crippen molar-refractivity contribution >= 4 is 15.9 Å². The molecule has 0 spiro atoms. The van der Waals surface area contributed by atoms with E-state index in [9.17, 15) is 0 Å². The maximum absolute atomic E-state index is 5.62. The van der Waals surface area contributed by atoms with E-state index < -0.39 is 0 Å². The van der Waals surface area contributed by atoms with Gasteiger partial charge in [-0.1, -0.05) is 29.3 Å². The van der Waals surface area contributed by atoms with Crippen molar-refractivity contribution in [2.24, 2.45) is 5.92 Å². The molecular weight excluding hydrogens is 242 g/mol. The SMILES string of the molecule is CCC(CBr)CN(C)CC1CCCO1. The van der Waals surface area contributed by atoms with E-state index in [1.165, 1.54) is 25.8 Å². The first-order chi connectivity index (χ1) is 6.76. The van der Waals surface area contributed by atoms with Gasteiger partial charge in [0.05, 0.1) is 6.10 Å². The Morgan fingerprint density at radius 3 is 2.86 bits per heavy atom. The van der Waals surface area contributed by atoms with Crippen LogP contribution in [0, 0.1) is 5.92 Å². The van der Waals surface area contributed by atoms with Crippen LogP contribution in [0.2, 0.25) is 0 Å². The van der Waals surface area contributed by atoms with Crippen molar-refractivity contribution in [1.29, 1.82) is 0 Å². The normalized spacial score (nSPS) is 24.4. The molecule has 0 aromatic rings. The van der Waals surface area contributed by atoms with E-state index in [0.717, 1.165) is 24.4 Å². The Labute approximate surface area is 96.1 Å². The highest BCUT2D eigenvalue weighted by Crippen LogP contribution is 2.14. The van der Waals surface area contributed by atoms with E-state index in [-0.39, 0.29) is 0 Å². The number of rotatable bonds is 6. The molecule has 1 saturated heterocycles. The van der Waals surface area contributed by atoms with Crippen LogP contribution in [0.3, 0.4) is 0 Å². The first-order valence-electron chi connectivity index (χ1n) is 5.62. The third kappa shape index (κ3) is 4.28. The molecule has 1 rings (SSSR count). The zero-order chi connectivity index (χ0) is 10.4. The molecule has 1 fully saturated rings. The lowest BCUT2D eigenvalue weighted by Gasteiger charge is -2.24. The van der Waals surface area contributed by atoms with Gasteiger partial charge in [0.25, 0.3) is 0 Å². The Bertz CT molecular complexity index is 140. The third-order valence-electron chi connectivity index (χ3n) is 2.90. The lowest BCUT2D eigenvalue weighted by Crippen LogP contribution is -2.33. The minimum Gasteiger partial charge on any atom is -0.377 e. The maximum atomic E-state index is 5.62.